The van der Waals surface area contributed by atoms with Crippen LogP contribution < -0.4 is 9.47 Å². The van der Waals surface area contributed by atoms with Crippen molar-refractivity contribution in [1.29, 1.82) is 0 Å². The summed E-state index contributed by atoms with van der Waals surface area (Å²) in [4.78, 5) is 13.5. The van der Waals surface area contributed by atoms with Crippen molar-refractivity contribution in [3.63, 3.8) is 0 Å². The van der Waals surface area contributed by atoms with E-state index in [4.69, 9.17) is 9.47 Å². The van der Waals surface area contributed by atoms with Crippen molar-refractivity contribution < 1.29 is 14.3 Å². The summed E-state index contributed by atoms with van der Waals surface area (Å²) in [6.07, 6.45) is 3.05. The lowest BCUT2D eigenvalue weighted by atomic mass is 9.98. The third-order valence-electron chi connectivity index (χ3n) is 5.99. The van der Waals surface area contributed by atoms with E-state index in [1.165, 1.54) is 22.1 Å². The first kappa shape index (κ1) is 19.5. The number of ether oxygens (including phenoxy) is 2. The van der Waals surface area contributed by atoms with Crippen LogP contribution in [0.15, 0.2) is 48.5 Å². The predicted molar refractivity (Wildman–Crippen MR) is 116 cm³/mol. The van der Waals surface area contributed by atoms with Crippen LogP contribution in [0.25, 0.3) is 10.8 Å². The van der Waals surface area contributed by atoms with Crippen molar-refractivity contribution in [2.75, 3.05) is 20.8 Å². The number of aldehydes is 1. The SMILES string of the molecule is COc1cc2c(cc1OC)C(C)N(Cc1ccc3cc(C=O)ccc3c1)CCC2. The molecule has 0 N–H and O–H groups in total. The van der Waals surface area contributed by atoms with Gasteiger partial charge in [-0.2, -0.15) is 0 Å². The van der Waals surface area contributed by atoms with Gasteiger partial charge in [-0.05, 0) is 78.0 Å². The normalized spacial score (nSPS) is 16.9. The number of methoxy groups -OCH3 is 2. The monoisotopic (exact) mass is 389 g/mol. The summed E-state index contributed by atoms with van der Waals surface area (Å²) in [5.74, 6) is 1.59. The number of aryl methyl sites for hydroxylation is 1. The molecule has 4 nitrogen and oxygen atoms in total. The fourth-order valence-corrected chi connectivity index (χ4v) is 4.34. The fourth-order valence-electron chi connectivity index (χ4n) is 4.34. The maximum atomic E-state index is 11.0. The van der Waals surface area contributed by atoms with Crippen LogP contribution in [0.5, 0.6) is 11.5 Å². The summed E-state index contributed by atoms with van der Waals surface area (Å²) in [7, 11) is 3.38. The molecule has 1 unspecified atom stereocenters. The molecule has 3 aromatic rings. The molecule has 0 amide bonds. The predicted octanol–water partition coefficient (Wildman–Crippen LogP) is 5.18. The zero-order valence-corrected chi connectivity index (χ0v) is 17.3. The van der Waals surface area contributed by atoms with Crippen LogP contribution in [0.4, 0.5) is 0 Å². The summed E-state index contributed by atoms with van der Waals surface area (Å²) < 4.78 is 11.0. The Morgan fingerprint density at radius 1 is 1.00 bits per heavy atom. The molecule has 0 aromatic heterocycles. The Balaban J connectivity index is 1.62. The van der Waals surface area contributed by atoms with Crippen LogP contribution in [0.2, 0.25) is 0 Å². The number of benzene rings is 3. The molecule has 29 heavy (non-hydrogen) atoms. The van der Waals surface area contributed by atoms with Crippen molar-refractivity contribution in [1.82, 2.24) is 4.90 Å². The zero-order valence-electron chi connectivity index (χ0n) is 17.3. The highest BCUT2D eigenvalue weighted by atomic mass is 16.5. The van der Waals surface area contributed by atoms with E-state index in [9.17, 15) is 4.79 Å². The largest absolute Gasteiger partial charge is 0.493 e. The molecule has 0 bridgehead atoms. The van der Waals surface area contributed by atoms with E-state index in [0.29, 0.717) is 11.6 Å². The third kappa shape index (κ3) is 3.85. The molecular formula is C25H27NO3. The summed E-state index contributed by atoms with van der Waals surface area (Å²) in [6, 6.07) is 16.9. The van der Waals surface area contributed by atoms with E-state index in [-0.39, 0.29) is 0 Å². The highest BCUT2D eigenvalue weighted by Crippen LogP contribution is 2.38. The lowest BCUT2D eigenvalue weighted by Crippen LogP contribution is -2.26. The average Bonchev–Trinajstić information content (AvgIpc) is 2.90. The summed E-state index contributed by atoms with van der Waals surface area (Å²) in [5.41, 5.74) is 4.66. The molecule has 0 spiro atoms. The molecule has 0 aliphatic carbocycles. The number of hydrogen-bond donors (Lipinski definition) is 0. The van der Waals surface area contributed by atoms with Crippen molar-refractivity contribution in [2.24, 2.45) is 0 Å². The molecular weight excluding hydrogens is 362 g/mol. The molecule has 0 saturated carbocycles. The highest BCUT2D eigenvalue weighted by Gasteiger charge is 2.24. The maximum absolute atomic E-state index is 11.0. The zero-order chi connectivity index (χ0) is 20.4. The molecule has 4 heteroatoms. The van der Waals surface area contributed by atoms with Crippen LogP contribution in [-0.2, 0) is 13.0 Å². The molecule has 150 valence electrons. The summed E-state index contributed by atoms with van der Waals surface area (Å²) in [5, 5.41) is 2.27. The van der Waals surface area contributed by atoms with E-state index in [0.717, 1.165) is 49.1 Å². The fraction of sp³-hybridized carbons (Fsp3) is 0.320. The minimum absolute atomic E-state index is 0.292. The molecule has 1 heterocycles. The first-order valence-electron chi connectivity index (χ1n) is 10.1. The van der Waals surface area contributed by atoms with E-state index >= 15 is 0 Å². The van der Waals surface area contributed by atoms with Gasteiger partial charge in [0.2, 0.25) is 0 Å². The smallest absolute Gasteiger partial charge is 0.161 e. The van der Waals surface area contributed by atoms with Gasteiger partial charge >= 0.3 is 0 Å². The number of rotatable bonds is 5. The maximum Gasteiger partial charge on any atom is 0.161 e. The van der Waals surface area contributed by atoms with Gasteiger partial charge in [0.1, 0.15) is 6.29 Å². The van der Waals surface area contributed by atoms with Crippen LogP contribution in [0, 0.1) is 0 Å². The minimum atomic E-state index is 0.292. The van der Waals surface area contributed by atoms with Crippen LogP contribution >= 0.6 is 0 Å². The number of nitrogens with zero attached hydrogens (tertiary/aromatic N) is 1. The number of fused-ring (bicyclic) bond motifs is 2. The second-order valence-electron chi connectivity index (χ2n) is 7.71. The average molecular weight is 389 g/mol. The number of carbonyl (C=O) groups excluding carboxylic acids is 1. The number of hydrogen-bond acceptors (Lipinski definition) is 4. The Labute approximate surface area is 172 Å². The first-order valence-corrected chi connectivity index (χ1v) is 10.1. The molecule has 3 aromatic carbocycles. The van der Waals surface area contributed by atoms with Gasteiger partial charge in [-0.3, -0.25) is 9.69 Å². The van der Waals surface area contributed by atoms with Crippen molar-refractivity contribution >= 4 is 17.1 Å². The van der Waals surface area contributed by atoms with Crippen molar-refractivity contribution in [3.8, 4) is 11.5 Å². The number of carbonyl (C=O) groups is 1. The van der Waals surface area contributed by atoms with Gasteiger partial charge in [-0.1, -0.05) is 24.3 Å². The van der Waals surface area contributed by atoms with Crippen LogP contribution in [-0.4, -0.2) is 32.0 Å². The molecule has 4 rings (SSSR count). The Morgan fingerprint density at radius 3 is 2.48 bits per heavy atom. The molecule has 0 saturated heterocycles. The summed E-state index contributed by atoms with van der Waals surface area (Å²) >= 11 is 0. The van der Waals surface area contributed by atoms with Crippen molar-refractivity contribution in [3.05, 3.63) is 70.8 Å². The van der Waals surface area contributed by atoms with Gasteiger partial charge in [0.05, 0.1) is 14.2 Å². The van der Waals surface area contributed by atoms with E-state index in [1.807, 2.05) is 18.2 Å². The van der Waals surface area contributed by atoms with E-state index in [1.54, 1.807) is 14.2 Å². The Hall–Kier alpha value is -2.85. The van der Waals surface area contributed by atoms with Crippen molar-refractivity contribution in [2.45, 2.75) is 32.4 Å². The van der Waals surface area contributed by atoms with Crippen LogP contribution in [0.3, 0.4) is 0 Å². The quantitative estimate of drug-likeness (QED) is 0.564. The lowest BCUT2D eigenvalue weighted by molar-refractivity contribution is 0.112. The third-order valence-corrected chi connectivity index (χ3v) is 5.99. The molecule has 1 aliphatic heterocycles. The second kappa shape index (κ2) is 8.26. The van der Waals surface area contributed by atoms with Gasteiger partial charge in [-0.15, -0.1) is 0 Å². The lowest BCUT2D eigenvalue weighted by Gasteiger charge is -2.28. The molecule has 1 aliphatic rings. The standard InChI is InChI=1S/C25H27NO3/c1-17-23-14-25(29-3)24(28-2)13-22(23)5-4-10-26(17)15-18-6-8-21-12-19(16-27)7-9-20(21)11-18/h6-9,11-14,16-17H,4-5,10,15H2,1-3H3. The van der Waals surface area contributed by atoms with Gasteiger partial charge in [0.25, 0.3) is 0 Å². The minimum Gasteiger partial charge on any atom is -0.493 e. The van der Waals surface area contributed by atoms with E-state index < -0.39 is 0 Å². The first-order chi connectivity index (χ1) is 14.1. The van der Waals surface area contributed by atoms with Gasteiger partial charge in [0, 0.05) is 18.2 Å². The van der Waals surface area contributed by atoms with Gasteiger partial charge in [0.15, 0.2) is 11.5 Å². The molecule has 0 radical (unpaired) electrons. The summed E-state index contributed by atoms with van der Waals surface area (Å²) in [6.45, 7) is 4.20. The van der Waals surface area contributed by atoms with E-state index in [2.05, 4.69) is 42.2 Å². The van der Waals surface area contributed by atoms with Gasteiger partial charge < -0.3 is 9.47 Å². The molecule has 1 atom stereocenters. The Bertz CT molecular complexity index is 1040. The second-order valence-corrected chi connectivity index (χ2v) is 7.71. The molecule has 0 fully saturated rings. The topological polar surface area (TPSA) is 38.8 Å². The Morgan fingerprint density at radius 2 is 1.72 bits per heavy atom. The Kier molecular flexibility index (Phi) is 5.54. The van der Waals surface area contributed by atoms with Gasteiger partial charge in [-0.25, -0.2) is 0 Å². The highest BCUT2D eigenvalue weighted by molar-refractivity contribution is 5.89. The van der Waals surface area contributed by atoms with Crippen LogP contribution in [0.1, 0.15) is 46.4 Å².